The molecule has 1 aromatic carbocycles. The summed E-state index contributed by atoms with van der Waals surface area (Å²) in [6.45, 7) is 3.67. The van der Waals surface area contributed by atoms with Crippen LogP contribution in [0.5, 0.6) is 0 Å². The van der Waals surface area contributed by atoms with E-state index in [2.05, 4.69) is 16.9 Å². The van der Waals surface area contributed by atoms with Gasteiger partial charge in [0.1, 0.15) is 5.82 Å². The molecule has 2 aromatic rings. The lowest BCUT2D eigenvalue weighted by Crippen LogP contribution is -2.33. The number of anilines is 1. The topological polar surface area (TPSA) is 64.0 Å². The number of nitrogens with zero attached hydrogens (tertiary/aromatic N) is 2. The Balaban J connectivity index is 2.16. The molecule has 0 bridgehead atoms. The van der Waals surface area contributed by atoms with E-state index in [1.54, 1.807) is 29.8 Å². The van der Waals surface area contributed by atoms with E-state index in [9.17, 15) is 9.59 Å². The molecule has 0 aliphatic carbocycles. The Labute approximate surface area is 148 Å². The van der Waals surface area contributed by atoms with Gasteiger partial charge < -0.3 is 9.88 Å². The van der Waals surface area contributed by atoms with Gasteiger partial charge in [-0.3, -0.25) is 9.59 Å². The number of hydrogen-bond donors (Lipinski definition) is 1. The highest BCUT2D eigenvalue weighted by molar-refractivity contribution is 7.99. The number of benzene rings is 1. The second kappa shape index (κ2) is 6.83. The van der Waals surface area contributed by atoms with E-state index in [0.717, 1.165) is 5.56 Å². The molecule has 3 rings (SSSR count). The first-order valence-electron chi connectivity index (χ1n) is 7.41. The highest BCUT2D eigenvalue weighted by Gasteiger charge is 2.32. The highest BCUT2D eigenvalue weighted by atomic mass is 35.5. The average Bonchev–Trinajstić information content (AvgIpc) is 2.56. The smallest absolute Gasteiger partial charge is 0.279 e. The Bertz CT molecular complexity index is 879. The Morgan fingerprint density at radius 3 is 3.00 bits per heavy atom. The molecule has 1 aromatic heterocycles. The van der Waals surface area contributed by atoms with E-state index in [1.165, 1.54) is 11.8 Å². The van der Waals surface area contributed by atoms with Crippen molar-refractivity contribution >= 4 is 35.1 Å². The number of rotatable bonds is 4. The van der Waals surface area contributed by atoms with E-state index in [0.29, 0.717) is 27.3 Å². The molecular weight excluding hydrogens is 346 g/mol. The standard InChI is InChI=1S/C17H16ClN3O2S/c1-3-7-24-17-20-16(23)14-12(10-5-4-6-11(18)8-10)9-13(22)19-15(14)21(17)2/h3-6,8,12H,1,7,9H2,2H3,(H,19,22). The van der Waals surface area contributed by atoms with Crippen LogP contribution in [0.25, 0.3) is 0 Å². The van der Waals surface area contributed by atoms with Crippen LogP contribution in [0.2, 0.25) is 5.02 Å². The van der Waals surface area contributed by atoms with Gasteiger partial charge in [-0.05, 0) is 17.7 Å². The summed E-state index contributed by atoms with van der Waals surface area (Å²) < 4.78 is 1.75. The van der Waals surface area contributed by atoms with Crippen LogP contribution in [0.15, 0.2) is 46.9 Å². The first kappa shape index (κ1) is 16.8. The van der Waals surface area contributed by atoms with Crippen LogP contribution in [0.3, 0.4) is 0 Å². The minimum atomic E-state index is -0.350. The van der Waals surface area contributed by atoms with Crippen molar-refractivity contribution in [1.29, 1.82) is 0 Å². The number of thioether (sulfide) groups is 1. The molecule has 0 radical (unpaired) electrons. The van der Waals surface area contributed by atoms with Gasteiger partial charge in [0.25, 0.3) is 5.56 Å². The molecule has 0 spiro atoms. The summed E-state index contributed by atoms with van der Waals surface area (Å²) in [5.41, 5.74) is 1.02. The summed E-state index contributed by atoms with van der Waals surface area (Å²) >= 11 is 7.46. The zero-order chi connectivity index (χ0) is 17.3. The second-order valence-corrected chi connectivity index (χ2v) is 6.90. The van der Waals surface area contributed by atoms with Gasteiger partial charge in [-0.2, -0.15) is 4.98 Å². The number of halogens is 1. The number of carbonyl (C=O) groups excluding carboxylic acids is 1. The van der Waals surface area contributed by atoms with Gasteiger partial charge >= 0.3 is 0 Å². The summed E-state index contributed by atoms with van der Waals surface area (Å²) in [5.74, 6) is 0.651. The molecule has 1 atom stereocenters. The van der Waals surface area contributed by atoms with Gasteiger partial charge in [-0.15, -0.1) is 6.58 Å². The molecule has 0 saturated carbocycles. The predicted octanol–water partition coefficient (Wildman–Crippen LogP) is 3.19. The van der Waals surface area contributed by atoms with E-state index in [4.69, 9.17) is 11.6 Å². The van der Waals surface area contributed by atoms with Gasteiger partial charge in [-0.1, -0.05) is 41.6 Å². The van der Waals surface area contributed by atoms with E-state index < -0.39 is 0 Å². The predicted molar refractivity (Wildman–Crippen MR) is 96.9 cm³/mol. The van der Waals surface area contributed by atoms with E-state index >= 15 is 0 Å². The fourth-order valence-electron chi connectivity index (χ4n) is 2.81. The minimum absolute atomic E-state index is 0.131. The van der Waals surface area contributed by atoms with Crippen molar-refractivity contribution in [3.05, 3.63) is 63.4 Å². The largest absolute Gasteiger partial charge is 0.312 e. The van der Waals surface area contributed by atoms with Crippen molar-refractivity contribution in [1.82, 2.24) is 9.55 Å². The monoisotopic (exact) mass is 361 g/mol. The maximum Gasteiger partial charge on any atom is 0.279 e. The summed E-state index contributed by atoms with van der Waals surface area (Å²) in [6.07, 6.45) is 1.94. The van der Waals surface area contributed by atoms with Crippen LogP contribution in [0, 0.1) is 0 Å². The van der Waals surface area contributed by atoms with Crippen molar-refractivity contribution in [2.45, 2.75) is 17.5 Å². The third kappa shape index (κ3) is 3.12. The molecule has 7 heteroatoms. The Hall–Kier alpha value is -2.05. The van der Waals surface area contributed by atoms with Crippen molar-refractivity contribution in [3.63, 3.8) is 0 Å². The average molecular weight is 362 g/mol. The highest BCUT2D eigenvalue weighted by Crippen LogP contribution is 2.36. The van der Waals surface area contributed by atoms with Crippen LogP contribution in [0.1, 0.15) is 23.5 Å². The maximum atomic E-state index is 12.6. The lowest BCUT2D eigenvalue weighted by atomic mass is 9.87. The second-order valence-electron chi connectivity index (χ2n) is 5.48. The summed E-state index contributed by atoms with van der Waals surface area (Å²) in [6, 6.07) is 7.24. The van der Waals surface area contributed by atoms with E-state index in [-0.39, 0.29) is 23.8 Å². The number of fused-ring (bicyclic) bond motifs is 1. The first-order chi connectivity index (χ1) is 11.5. The van der Waals surface area contributed by atoms with Gasteiger partial charge in [0.2, 0.25) is 5.91 Å². The number of amides is 1. The number of aromatic nitrogens is 2. The summed E-state index contributed by atoms with van der Waals surface area (Å²) in [7, 11) is 1.79. The lowest BCUT2D eigenvalue weighted by Gasteiger charge is -2.27. The summed E-state index contributed by atoms with van der Waals surface area (Å²) in [5, 5.41) is 3.93. The Morgan fingerprint density at radius 2 is 2.29 bits per heavy atom. The number of hydrogen-bond acceptors (Lipinski definition) is 4. The zero-order valence-electron chi connectivity index (χ0n) is 13.1. The molecule has 0 fully saturated rings. The van der Waals surface area contributed by atoms with Crippen molar-refractivity contribution in [2.24, 2.45) is 7.05 Å². The maximum absolute atomic E-state index is 12.6. The van der Waals surface area contributed by atoms with Crippen LogP contribution in [-0.2, 0) is 11.8 Å². The lowest BCUT2D eigenvalue weighted by molar-refractivity contribution is -0.116. The molecule has 1 unspecified atom stereocenters. The zero-order valence-corrected chi connectivity index (χ0v) is 14.7. The van der Waals surface area contributed by atoms with Gasteiger partial charge in [0, 0.05) is 30.2 Å². The summed E-state index contributed by atoms with van der Waals surface area (Å²) in [4.78, 5) is 29.0. The third-order valence-electron chi connectivity index (χ3n) is 3.88. The Kier molecular flexibility index (Phi) is 4.78. The van der Waals surface area contributed by atoms with Crippen molar-refractivity contribution in [2.75, 3.05) is 11.1 Å². The molecule has 1 aliphatic heterocycles. The molecule has 124 valence electrons. The van der Waals surface area contributed by atoms with Crippen LogP contribution in [-0.4, -0.2) is 21.2 Å². The van der Waals surface area contributed by atoms with Crippen LogP contribution >= 0.6 is 23.4 Å². The number of carbonyl (C=O) groups is 1. The molecule has 5 nitrogen and oxygen atoms in total. The SMILES string of the molecule is C=CCSc1nc(=O)c2c(n1C)NC(=O)CC2c1cccc(Cl)c1. The van der Waals surface area contributed by atoms with E-state index in [1.807, 2.05) is 12.1 Å². The fraction of sp³-hybridized carbons (Fsp3) is 0.235. The van der Waals surface area contributed by atoms with Crippen molar-refractivity contribution < 1.29 is 4.79 Å². The first-order valence-corrected chi connectivity index (χ1v) is 8.77. The quantitative estimate of drug-likeness (QED) is 0.516. The van der Waals surface area contributed by atoms with Gasteiger partial charge in [-0.25, -0.2) is 0 Å². The molecule has 2 heterocycles. The van der Waals surface area contributed by atoms with Crippen molar-refractivity contribution in [3.8, 4) is 0 Å². The number of nitrogens with one attached hydrogen (secondary N) is 1. The fourth-order valence-corrected chi connectivity index (χ4v) is 3.70. The molecule has 1 N–H and O–H groups in total. The Morgan fingerprint density at radius 1 is 1.50 bits per heavy atom. The molecule has 1 aliphatic rings. The third-order valence-corrected chi connectivity index (χ3v) is 5.14. The molecule has 1 amide bonds. The van der Waals surface area contributed by atoms with Gasteiger partial charge in [0.15, 0.2) is 5.16 Å². The van der Waals surface area contributed by atoms with Gasteiger partial charge in [0.05, 0.1) is 5.56 Å². The normalized spacial score (nSPS) is 16.4. The van der Waals surface area contributed by atoms with Crippen LogP contribution < -0.4 is 10.9 Å². The molecule has 0 saturated heterocycles. The van der Waals surface area contributed by atoms with Crippen LogP contribution in [0.4, 0.5) is 5.82 Å². The molecular formula is C17H16ClN3O2S. The minimum Gasteiger partial charge on any atom is -0.312 e. The molecule has 24 heavy (non-hydrogen) atoms.